The van der Waals surface area contributed by atoms with Crippen LogP contribution in [-0.4, -0.2) is 16.6 Å². The molecular formula is C12H13F3N2O2. The third-order valence-corrected chi connectivity index (χ3v) is 3.27. The standard InChI is InChI=1S/C12H13F3N2O2/c13-12(14,15)7-2-3-9(18)8(6-7)17-10(19)11(16)4-1-5-11/h2-3,6,18H,1,4-5,16H2,(H,17,19). The van der Waals surface area contributed by atoms with Gasteiger partial charge in [0.25, 0.3) is 0 Å². The molecule has 1 amide bonds. The zero-order valence-corrected chi connectivity index (χ0v) is 9.92. The summed E-state index contributed by atoms with van der Waals surface area (Å²) in [6.45, 7) is 0. The smallest absolute Gasteiger partial charge is 0.416 e. The van der Waals surface area contributed by atoms with Gasteiger partial charge in [-0.1, -0.05) is 0 Å². The predicted octanol–water partition coefficient (Wildman–Crippen LogP) is 2.23. The Balaban J connectivity index is 2.22. The topological polar surface area (TPSA) is 75.4 Å². The maximum Gasteiger partial charge on any atom is 0.416 e. The van der Waals surface area contributed by atoms with Crippen LogP contribution in [0.1, 0.15) is 24.8 Å². The number of phenolic OH excluding ortho intramolecular Hbond substituents is 1. The fourth-order valence-electron chi connectivity index (χ4n) is 1.84. The monoisotopic (exact) mass is 274 g/mol. The minimum absolute atomic E-state index is 0.281. The Hall–Kier alpha value is -1.76. The number of halogens is 3. The van der Waals surface area contributed by atoms with Crippen LogP contribution < -0.4 is 11.1 Å². The van der Waals surface area contributed by atoms with E-state index in [1.807, 2.05) is 0 Å². The van der Waals surface area contributed by atoms with Gasteiger partial charge < -0.3 is 16.2 Å². The number of alkyl halides is 3. The molecule has 1 aromatic rings. The molecule has 19 heavy (non-hydrogen) atoms. The van der Waals surface area contributed by atoms with E-state index in [4.69, 9.17) is 5.73 Å². The van der Waals surface area contributed by atoms with Gasteiger partial charge in [-0.3, -0.25) is 4.79 Å². The lowest BCUT2D eigenvalue weighted by Gasteiger charge is -2.36. The van der Waals surface area contributed by atoms with Gasteiger partial charge in [0.05, 0.1) is 16.8 Å². The summed E-state index contributed by atoms with van der Waals surface area (Å²) in [5, 5.41) is 11.7. The molecule has 2 rings (SSSR count). The first kappa shape index (κ1) is 13.7. The highest BCUT2D eigenvalue weighted by molar-refractivity contribution is 5.99. The summed E-state index contributed by atoms with van der Waals surface area (Å²) in [4.78, 5) is 11.8. The second-order valence-corrected chi connectivity index (χ2v) is 4.69. The zero-order valence-electron chi connectivity index (χ0n) is 9.92. The molecule has 1 fully saturated rings. The van der Waals surface area contributed by atoms with Crippen molar-refractivity contribution in [1.82, 2.24) is 0 Å². The van der Waals surface area contributed by atoms with E-state index in [0.717, 1.165) is 18.6 Å². The summed E-state index contributed by atoms with van der Waals surface area (Å²) >= 11 is 0. The van der Waals surface area contributed by atoms with Crippen LogP contribution in [0.2, 0.25) is 0 Å². The Labute approximate surface area is 107 Å². The van der Waals surface area contributed by atoms with Gasteiger partial charge in [0.1, 0.15) is 5.75 Å². The number of rotatable bonds is 2. The van der Waals surface area contributed by atoms with Crippen molar-refractivity contribution in [1.29, 1.82) is 0 Å². The molecule has 0 radical (unpaired) electrons. The molecule has 1 saturated carbocycles. The van der Waals surface area contributed by atoms with Crippen molar-refractivity contribution < 1.29 is 23.1 Å². The lowest BCUT2D eigenvalue weighted by atomic mass is 9.77. The maximum atomic E-state index is 12.5. The van der Waals surface area contributed by atoms with Crippen molar-refractivity contribution in [2.24, 2.45) is 5.73 Å². The van der Waals surface area contributed by atoms with Gasteiger partial charge in [0.15, 0.2) is 0 Å². The van der Waals surface area contributed by atoms with Crippen LogP contribution in [-0.2, 0) is 11.0 Å². The number of amides is 1. The number of phenols is 1. The van der Waals surface area contributed by atoms with Crippen molar-refractivity contribution >= 4 is 11.6 Å². The third kappa shape index (κ3) is 2.65. The van der Waals surface area contributed by atoms with Crippen LogP contribution in [0, 0.1) is 0 Å². The quantitative estimate of drug-likeness (QED) is 0.724. The molecule has 4 nitrogen and oxygen atoms in total. The molecule has 0 saturated heterocycles. The minimum Gasteiger partial charge on any atom is -0.506 e. The number of aromatic hydroxyl groups is 1. The molecule has 1 aromatic carbocycles. The first-order valence-corrected chi connectivity index (χ1v) is 5.73. The van der Waals surface area contributed by atoms with Crippen molar-refractivity contribution in [3.63, 3.8) is 0 Å². The van der Waals surface area contributed by atoms with Crippen LogP contribution in [0.15, 0.2) is 18.2 Å². The molecule has 0 unspecified atom stereocenters. The van der Waals surface area contributed by atoms with Crippen LogP contribution in [0.3, 0.4) is 0 Å². The van der Waals surface area contributed by atoms with Gasteiger partial charge in [-0.25, -0.2) is 0 Å². The SMILES string of the molecule is NC1(C(=O)Nc2cc(C(F)(F)F)ccc2O)CCC1. The Morgan fingerprint density at radius 3 is 2.47 bits per heavy atom. The molecule has 0 aliphatic heterocycles. The molecule has 1 aliphatic rings. The molecule has 0 spiro atoms. The lowest BCUT2D eigenvalue weighted by molar-refractivity contribution is -0.137. The van der Waals surface area contributed by atoms with Gasteiger partial charge in [-0.05, 0) is 37.5 Å². The number of nitrogens with two attached hydrogens (primary N) is 1. The second kappa shape index (κ2) is 4.41. The van der Waals surface area contributed by atoms with E-state index in [2.05, 4.69) is 5.32 Å². The predicted molar refractivity (Wildman–Crippen MR) is 62.5 cm³/mol. The van der Waals surface area contributed by atoms with Crippen LogP contribution in [0.25, 0.3) is 0 Å². The molecular weight excluding hydrogens is 261 g/mol. The summed E-state index contributed by atoms with van der Waals surface area (Å²) < 4.78 is 37.6. The third-order valence-electron chi connectivity index (χ3n) is 3.27. The van der Waals surface area contributed by atoms with Crippen molar-refractivity contribution in [3.8, 4) is 5.75 Å². The van der Waals surface area contributed by atoms with Gasteiger partial charge in [0.2, 0.25) is 5.91 Å². The highest BCUT2D eigenvalue weighted by atomic mass is 19.4. The molecule has 4 N–H and O–H groups in total. The van der Waals surface area contributed by atoms with E-state index >= 15 is 0 Å². The fraction of sp³-hybridized carbons (Fsp3) is 0.417. The van der Waals surface area contributed by atoms with E-state index in [1.165, 1.54) is 0 Å². The highest BCUT2D eigenvalue weighted by Crippen LogP contribution is 2.36. The summed E-state index contributed by atoms with van der Waals surface area (Å²) in [6, 6.07) is 2.32. The summed E-state index contributed by atoms with van der Waals surface area (Å²) in [7, 11) is 0. The van der Waals surface area contributed by atoms with E-state index in [9.17, 15) is 23.1 Å². The molecule has 0 heterocycles. The van der Waals surface area contributed by atoms with Crippen molar-refractivity contribution in [3.05, 3.63) is 23.8 Å². The molecule has 0 aromatic heterocycles. The molecule has 104 valence electrons. The van der Waals surface area contributed by atoms with Crippen molar-refractivity contribution in [2.75, 3.05) is 5.32 Å². The van der Waals surface area contributed by atoms with Crippen LogP contribution in [0.5, 0.6) is 5.75 Å². The highest BCUT2D eigenvalue weighted by Gasteiger charge is 2.40. The first-order chi connectivity index (χ1) is 8.72. The number of hydrogen-bond acceptors (Lipinski definition) is 3. The summed E-state index contributed by atoms with van der Waals surface area (Å²) in [5.41, 5.74) is 3.49. The van der Waals surface area contributed by atoms with Gasteiger partial charge >= 0.3 is 6.18 Å². The molecule has 1 aliphatic carbocycles. The number of benzene rings is 1. The number of carbonyl (C=O) groups is 1. The van der Waals surface area contributed by atoms with E-state index in [-0.39, 0.29) is 5.69 Å². The molecule has 0 bridgehead atoms. The summed E-state index contributed by atoms with van der Waals surface area (Å²) in [6.07, 6.45) is -2.76. The largest absolute Gasteiger partial charge is 0.506 e. The number of anilines is 1. The second-order valence-electron chi connectivity index (χ2n) is 4.69. The van der Waals surface area contributed by atoms with E-state index in [0.29, 0.717) is 18.9 Å². The maximum absolute atomic E-state index is 12.5. The number of nitrogens with one attached hydrogen (secondary N) is 1. The Morgan fingerprint density at radius 1 is 1.37 bits per heavy atom. The van der Waals surface area contributed by atoms with Crippen LogP contribution in [0.4, 0.5) is 18.9 Å². The average Bonchev–Trinajstić information content (AvgIpc) is 2.27. The Kier molecular flexibility index (Phi) is 3.17. The van der Waals surface area contributed by atoms with Gasteiger partial charge in [-0.15, -0.1) is 0 Å². The van der Waals surface area contributed by atoms with E-state index < -0.39 is 28.9 Å². The Bertz CT molecular complexity index is 510. The normalized spacial score (nSPS) is 17.7. The fourth-order valence-corrected chi connectivity index (χ4v) is 1.84. The average molecular weight is 274 g/mol. The minimum atomic E-state index is -4.54. The van der Waals surface area contributed by atoms with Crippen LogP contribution >= 0.6 is 0 Å². The number of hydrogen-bond donors (Lipinski definition) is 3. The Morgan fingerprint density at radius 2 is 2.00 bits per heavy atom. The zero-order chi connectivity index (χ0) is 14.3. The first-order valence-electron chi connectivity index (χ1n) is 5.73. The molecule has 0 atom stereocenters. The lowest BCUT2D eigenvalue weighted by Crippen LogP contribution is -2.56. The van der Waals surface area contributed by atoms with Crippen molar-refractivity contribution in [2.45, 2.75) is 31.0 Å². The molecule has 7 heteroatoms. The van der Waals surface area contributed by atoms with Gasteiger partial charge in [-0.2, -0.15) is 13.2 Å². The summed E-state index contributed by atoms with van der Waals surface area (Å²) in [5.74, 6) is -1.00. The number of carbonyl (C=O) groups excluding carboxylic acids is 1. The van der Waals surface area contributed by atoms with Gasteiger partial charge in [0, 0.05) is 0 Å². The van der Waals surface area contributed by atoms with E-state index in [1.54, 1.807) is 0 Å².